The van der Waals surface area contributed by atoms with Crippen LogP contribution < -0.4 is 18.1 Å². The molecule has 1 spiro atoms. The Kier molecular flexibility index (Phi) is 7.73. The fourth-order valence-corrected chi connectivity index (χ4v) is 9.96. The monoisotopic (exact) mass is 676 g/mol. The van der Waals surface area contributed by atoms with E-state index in [-0.39, 0.29) is 49.0 Å². The summed E-state index contributed by atoms with van der Waals surface area (Å²) in [5.74, 6) is 1.14. The summed E-state index contributed by atoms with van der Waals surface area (Å²) < 4.78 is 33.7. The number of aryl methyl sites for hydroxylation is 2. The average molecular weight is 678 g/mol. The molecule has 0 unspecified atom stereocenters. The normalized spacial score (nSPS) is 17.8. The number of benzene rings is 3. The Morgan fingerprint density at radius 1 is 0.634 bits per heavy atom. The Hall–Kier alpha value is -1.24. The molecule has 0 aliphatic carbocycles. The first-order chi connectivity index (χ1) is 18.9. The molecule has 11 heteroatoms. The van der Waals surface area contributed by atoms with E-state index < -0.39 is 7.74 Å². The van der Waals surface area contributed by atoms with Gasteiger partial charge in [0.15, 0.2) is 0 Å². The maximum absolute atomic E-state index is 6.97. The second kappa shape index (κ2) is 10.2. The fraction of sp³-hybridized carbons (Fsp3) is 0.400. The zero-order valence-electron chi connectivity index (χ0n) is 24.4. The van der Waals surface area contributed by atoms with Gasteiger partial charge in [-0.05, 0) is 0 Å². The van der Waals surface area contributed by atoms with Crippen LogP contribution in [0.3, 0.4) is 0 Å². The van der Waals surface area contributed by atoms with Crippen LogP contribution in [-0.4, -0.2) is 6.61 Å². The predicted molar refractivity (Wildman–Crippen MR) is 171 cm³/mol. The molecule has 0 N–H and O–H groups in total. The number of hydrogen-bond donors (Lipinski definition) is 0. The van der Waals surface area contributed by atoms with Crippen molar-refractivity contribution in [2.24, 2.45) is 0 Å². The van der Waals surface area contributed by atoms with Gasteiger partial charge in [-0.1, -0.05) is 0 Å². The molecular formula is C30H33Cl4O5PS. The second-order valence-corrected chi connectivity index (χ2v) is 17.4. The van der Waals surface area contributed by atoms with Crippen molar-refractivity contribution in [3.8, 4) is 23.0 Å². The summed E-state index contributed by atoms with van der Waals surface area (Å²) in [6, 6.07) is 8.35. The minimum atomic E-state index is -5.15. The van der Waals surface area contributed by atoms with E-state index in [0.717, 1.165) is 32.0 Å². The molecule has 3 aromatic carbocycles. The van der Waals surface area contributed by atoms with E-state index in [1.54, 1.807) is 11.8 Å². The Morgan fingerprint density at radius 3 is 1.34 bits per heavy atom. The van der Waals surface area contributed by atoms with Gasteiger partial charge in [0.1, 0.15) is 0 Å². The van der Waals surface area contributed by atoms with Crippen molar-refractivity contribution < 1.29 is 22.6 Å². The zero-order valence-corrected chi connectivity index (χ0v) is 29.2. The summed E-state index contributed by atoms with van der Waals surface area (Å²) in [7, 11) is -5.15. The van der Waals surface area contributed by atoms with Gasteiger partial charge in [-0.3, -0.25) is 0 Å². The van der Waals surface area contributed by atoms with Crippen LogP contribution in [0.25, 0.3) is 0 Å². The van der Waals surface area contributed by atoms with Crippen molar-refractivity contribution in [3.63, 3.8) is 0 Å². The molecule has 2 heterocycles. The summed E-state index contributed by atoms with van der Waals surface area (Å²) in [4.78, 5) is 1.73. The third-order valence-corrected chi connectivity index (χ3v) is 12.1. The molecule has 2 aliphatic heterocycles. The van der Waals surface area contributed by atoms with Crippen molar-refractivity contribution in [2.45, 2.75) is 82.9 Å². The van der Waals surface area contributed by atoms with E-state index in [0.29, 0.717) is 11.5 Å². The van der Waals surface area contributed by atoms with Gasteiger partial charge in [-0.25, -0.2) is 0 Å². The first-order valence-corrected chi connectivity index (χ1v) is 17.4. The molecular weight excluding hydrogens is 645 g/mol. The fourth-order valence-electron chi connectivity index (χ4n) is 4.83. The van der Waals surface area contributed by atoms with Crippen LogP contribution in [0.4, 0.5) is 0 Å². The summed E-state index contributed by atoms with van der Waals surface area (Å²) >= 11 is 27.8. The molecule has 0 bridgehead atoms. The Labute approximate surface area is 266 Å². The molecule has 41 heavy (non-hydrogen) atoms. The van der Waals surface area contributed by atoms with Gasteiger partial charge < -0.3 is 0 Å². The number of halogens is 4. The van der Waals surface area contributed by atoms with Crippen LogP contribution in [0, 0.1) is 13.8 Å². The predicted octanol–water partition coefficient (Wildman–Crippen LogP) is 12.1. The zero-order chi connectivity index (χ0) is 30.3. The van der Waals surface area contributed by atoms with E-state index in [9.17, 15) is 0 Å². The average Bonchev–Trinajstić information content (AvgIpc) is 3.19. The standard InChI is InChI=1S/C30H33Cl4O5PS/c1-10-35-40(38-27-23(33)21(31)22(32)24(34)28(27)39-40)36-25-17(29(4,5)6)11-15(2)13-19(25)41-20-14-16(3)12-18(26(20)37-40)30(7,8)9/h11-14H,10H2,1-9H3. The van der Waals surface area contributed by atoms with Crippen LogP contribution in [0.1, 0.15) is 70.7 Å². The Balaban J connectivity index is 1.92. The molecule has 0 atom stereocenters. The molecule has 222 valence electrons. The molecule has 0 saturated carbocycles. The van der Waals surface area contributed by atoms with Crippen molar-refractivity contribution in [1.82, 2.24) is 0 Å². The van der Waals surface area contributed by atoms with Crippen LogP contribution in [0.2, 0.25) is 20.1 Å². The van der Waals surface area contributed by atoms with Gasteiger partial charge in [0.2, 0.25) is 0 Å². The van der Waals surface area contributed by atoms with Crippen LogP contribution in [0.5, 0.6) is 23.0 Å². The molecule has 0 radical (unpaired) electrons. The van der Waals surface area contributed by atoms with Crippen molar-refractivity contribution in [1.29, 1.82) is 0 Å². The molecule has 5 rings (SSSR count). The third kappa shape index (κ3) is 5.26. The summed E-state index contributed by atoms with van der Waals surface area (Å²) in [5, 5.41) is 0.0785. The molecule has 0 fully saturated rings. The van der Waals surface area contributed by atoms with E-state index in [1.807, 2.05) is 6.92 Å². The van der Waals surface area contributed by atoms with Crippen molar-refractivity contribution >= 4 is 65.9 Å². The van der Waals surface area contributed by atoms with Gasteiger partial charge in [-0.2, -0.15) is 0 Å². The molecule has 0 amide bonds. The van der Waals surface area contributed by atoms with Crippen LogP contribution >= 0.6 is 65.9 Å². The van der Waals surface area contributed by atoms with Crippen molar-refractivity contribution in [3.05, 3.63) is 66.6 Å². The first kappa shape index (κ1) is 31.2. The van der Waals surface area contributed by atoms with Gasteiger partial charge in [0, 0.05) is 0 Å². The Morgan fingerprint density at radius 2 is 1.00 bits per heavy atom. The first-order valence-electron chi connectivity index (χ1n) is 13.2. The third-order valence-electron chi connectivity index (χ3n) is 6.72. The van der Waals surface area contributed by atoms with E-state index in [4.69, 9.17) is 69.0 Å². The molecule has 3 aromatic rings. The van der Waals surface area contributed by atoms with Crippen LogP contribution in [-0.2, 0) is 15.4 Å². The van der Waals surface area contributed by atoms with Crippen LogP contribution in [0.15, 0.2) is 34.1 Å². The molecule has 5 nitrogen and oxygen atoms in total. The SMILES string of the molecule is CCOP12(Oc3c(cc(C)cc3C(C)(C)C)Sc3cc(C)cc(C(C)(C)C)c3O1)Oc1c(Cl)c(Cl)c(Cl)c(Cl)c1O2. The van der Waals surface area contributed by atoms with E-state index in [2.05, 4.69) is 79.7 Å². The van der Waals surface area contributed by atoms with E-state index in [1.165, 1.54) is 0 Å². The number of rotatable bonds is 2. The number of hydrogen-bond acceptors (Lipinski definition) is 6. The topological polar surface area (TPSA) is 46.2 Å². The van der Waals surface area contributed by atoms with Crippen molar-refractivity contribution in [2.75, 3.05) is 6.61 Å². The van der Waals surface area contributed by atoms with Gasteiger partial charge in [0.05, 0.1) is 0 Å². The van der Waals surface area contributed by atoms with Gasteiger partial charge in [-0.15, -0.1) is 0 Å². The molecule has 0 saturated heterocycles. The Bertz CT molecular complexity index is 1480. The summed E-state index contributed by atoms with van der Waals surface area (Å²) in [6.07, 6.45) is 0. The van der Waals surface area contributed by atoms with E-state index >= 15 is 0 Å². The maximum atomic E-state index is 6.97. The molecule has 0 aromatic heterocycles. The molecule has 2 aliphatic rings. The minimum absolute atomic E-state index is 0.0150. The number of fused-ring (bicyclic) bond motifs is 3. The quantitative estimate of drug-likeness (QED) is 0.153. The summed E-state index contributed by atoms with van der Waals surface area (Å²) in [5.41, 5.74) is 3.37. The summed E-state index contributed by atoms with van der Waals surface area (Å²) in [6.45, 7) is 18.8. The van der Waals surface area contributed by atoms with Gasteiger partial charge in [0.25, 0.3) is 0 Å². The second-order valence-electron chi connectivity index (χ2n) is 12.3. The van der Waals surface area contributed by atoms with Gasteiger partial charge >= 0.3 is 268 Å².